The summed E-state index contributed by atoms with van der Waals surface area (Å²) < 4.78 is 5.22. The Balaban J connectivity index is 2.59. The lowest BCUT2D eigenvalue weighted by Gasteiger charge is -2.29. The van der Waals surface area contributed by atoms with E-state index in [4.69, 9.17) is 10.5 Å². The van der Waals surface area contributed by atoms with Gasteiger partial charge in [0.1, 0.15) is 11.4 Å². The summed E-state index contributed by atoms with van der Waals surface area (Å²) in [6.07, 6.45) is 0.271. The number of amides is 1. The lowest BCUT2D eigenvalue weighted by Crippen LogP contribution is -2.43. The zero-order valence-electron chi connectivity index (χ0n) is 13.3. The fourth-order valence-electron chi connectivity index (χ4n) is 1.91. The summed E-state index contributed by atoms with van der Waals surface area (Å²) in [6.45, 7) is 8.35. The van der Waals surface area contributed by atoms with Crippen molar-refractivity contribution < 1.29 is 14.6 Å². The first-order valence-electron chi connectivity index (χ1n) is 7.08. The molecule has 0 spiro atoms. The molecule has 0 aromatic heterocycles. The SMILES string of the molecule is CC(CN)(CNC(=O)OC(C)(C)C)Cc1ccc(O)cc1. The number of aromatic hydroxyl groups is 1. The Bertz CT molecular complexity index is 465. The average molecular weight is 294 g/mol. The highest BCUT2D eigenvalue weighted by molar-refractivity contribution is 5.67. The van der Waals surface area contributed by atoms with E-state index in [1.54, 1.807) is 12.1 Å². The fraction of sp³-hybridized carbons (Fsp3) is 0.562. The van der Waals surface area contributed by atoms with Gasteiger partial charge in [-0.3, -0.25) is 0 Å². The number of benzene rings is 1. The van der Waals surface area contributed by atoms with Crippen LogP contribution in [0.1, 0.15) is 33.3 Å². The van der Waals surface area contributed by atoms with Gasteiger partial charge in [-0.2, -0.15) is 0 Å². The molecule has 1 aromatic rings. The Morgan fingerprint density at radius 1 is 1.24 bits per heavy atom. The van der Waals surface area contributed by atoms with Crippen molar-refractivity contribution in [1.29, 1.82) is 0 Å². The summed E-state index contributed by atoms with van der Waals surface area (Å²) in [5.74, 6) is 0.236. The van der Waals surface area contributed by atoms with Gasteiger partial charge in [0, 0.05) is 12.0 Å². The summed E-state index contributed by atoms with van der Waals surface area (Å²) in [4.78, 5) is 11.7. The number of rotatable bonds is 5. The number of ether oxygens (including phenoxy) is 1. The standard InChI is InChI=1S/C16H26N2O3/c1-15(2,3)21-14(20)18-11-16(4,10-17)9-12-5-7-13(19)8-6-12/h5-8,19H,9-11,17H2,1-4H3,(H,18,20). The van der Waals surface area contributed by atoms with Crippen molar-refractivity contribution in [1.82, 2.24) is 5.32 Å². The number of carbonyl (C=O) groups is 1. The first-order chi connectivity index (χ1) is 9.63. The van der Waals surface area contributed by atoms with Crippen LogP contribution in [0.2, 0.25) is 0 Å². The molecular weight excluding hydrogens is 268 g/mol. The number of phenolic OH excluding ortho intramolecular Hbond substituents is 1. The van der Waals surface area contributed by atoms with Gasteiger partial charge in [0.05, 0.1) is 0 Å². The number of hydrogen-bond donors (Lipinski definition) is 3. The van der Waals surface area contributed by atoms with E-state index >= 15 is 0 Å². The van der Waals surface area contributed by atoms with Gasteiger partial charge in [-0.1, -0.05) is 19.1 Å². The molecule has 1 rings (SSSR count). The molecule has 0 aliphatic rings. The maximum Gasteiger partial charge on any atom is 0.407 e. The minimum absolute atomic E-state index is 0.236. The van der Waals surface area contributed by atoms with Gasteiger partial charge in [-0.15, -0.1) is 0 Å². The van der Waals surface area contributed by atoms with Crippen LogP contribution in [0.3, 0.4) is 0 Å². The molecule has 5 nitrogen and oxygen atoms in total. The van der Waals surface area contributed by atoms with E-state index in [1.807, 2.05) is 39.8 Å². The quantitative estimate of drug-likeness (QED) is 0.778. The first-order valence-corrected chi connectivity index (χ1v) is 7.08. The number of nitrogens with two attached hydrogens (primary N) is 1. The lowest BCUT2D eigenvalue weighted by atomic mass is 9.83. The predicted molar refractivity (Wildman–Crippen MR) is 83.2 cm³/mol. The second-order valence-electron chi connectivity index (χ2n) is 6.71. The van der Waals surface area contributed by atoms with Gasteiger partial charge in [0.15, 0.2) is 0 Å². The molecule has 1 aromatic carbocycles. The highest BCUT2D eigenvalue weighted by atomic mass is 16.6. The normalized spacial score (nSPS) is 14.3. The van der Waals surface area contributed by atoms with Gasteiger partial charge >= 0.3 is 6.09 Å². The van der Waals surface area contributed by atoms with E-state index in [1.165, 1.54) is 0 Å². The average Bonchev–Trinajstić information content (AvgIpc) is 2.37. The molecule has 0 heterocycles. The van der Waals surface area contributed by atoms with Gasteiger partial charge in [-0.05, 0) is 51.4 Å². The Morgan fingerprint density at radius 2 is 1.81 bits per heavy atom. The smallest absolute Gasteiger partial charge is 0.407 e. The molecule has 1 atom stereocenters. The molecule has 5 heteroatoms. The van der Waals surface area contributed by atoms with Gasteiger partial charge in [-0.25, -0.2) is 4.79 Å². The van der Waals surface area contributed by atoms with E-state index in [0.29, 0.717) is 19.5 Å². The molecule has 118 valence electrons. The molecule has 0 aliphatic heterocycles. The van der Waals surface area contributed by atoms with Crippen LogP contribution in [0.4, 0.5) is 4.79 Å². The van der Waals surface area contributed by atoms with Crippen molar-refractivity contribution in [3.05, 3.63) is 29.8 Å². The van der Waals surface area contributed by atoms with E-state index in [2.05, 4.69) is 5.32 Å². The van der Waals surface area contributed by atoms with Crippen LogP contribution in [-0.4, -0.2) is 29.9 Å². The minimum atomic E-state index is -0.514. The monoisotopic (exact) mass is 294 g/mol. The molecule has 1 unspecified atom stereocenters. The first kappa shape index (κ1) is 17.3. The molecule has 0 radical (unpaired) electrons. The van der Waals surface area contributed by atoms with Gasteiger partial charge in [0.25, 0.3) is 0 Å². The molecule has 0 fully saturated rings. The Morgan fingerprint density at radius 3 is 2.29 bits per heavy atom. The molecule has 0 saturated heterocycles. The molecule has 21 heavy (non-hydrogen) atoms. The highest BCUT2D eigenvalue weighted by Crippen LogP contribution is 2.22. The van der Waals surface area contributed by atoms with Crippen molar-refractivity contribution in [2.24, 2.45) is 11.1 Å². The van der Waals surface area contributed by atoms with E-state index in [-0.39, 0.29) is 11.2 Å². The topological polar surface area (TPSA) is 84.6 Å². The number of alkyl carbamates (subject to hydrolysis) is 1. The Labute approximate surface area is 126 Å². The van der Waals surface area contributed by atoms with Crippen LogP contribution in [0, 0.1) is 5.41 Å². The largest absolute Gasteiger partial charge is 0.508 e. The minimum Gasteiger partial charge on any atom is -0.508 e. The third kappa shape index (κ3) is 6.49. The second-order valence-corrected chi connectivity index (χ2v) is 6.71. The summed E-state index contributed by atoms with van der Waals surface area (Å²) in [5.41, 5.74) is 6.13. The van der Waals surface area contributed by atoms with Crippen LogP contribution in [0.15, 0.2) is 24.3 Å². The summed E-state index contributed by atoms with van der Waals surface area (Å²) in [7, 11) is 0. The number of carbonyl (C=O) groups excluding carboxylic acids is 1. The van der Waals surface area contributed by atoms with E-state index < -0.39 is 11.7 Å². The lowest BCUT2D eigenvalue weighted by molar-refractivity contribution is 0.0504. The van der Waals surface area contributed by atoms with E-state index in [0.717, 1.165) is 5.56 Å². The zero-order valence-corrected chi connectivity index (χ0v) is 13.3. The molecular formula is C16H26N2O3. The maximum absolute atomic E-state index is 11.7. The molecule has 1 amide bonds. The Hall–Kier alpha value is -1.75. The molecule has 0 aliphatic carbocycles. The van der Waals surface area contributed by atoms with Crippen molar-refractivity contribution in [2.45, 2.75) is 39.7 Å². The third-order valence-corrected chi connectivity index (χ3v) is 3.12. The van der Waals surface area contributed by atoms with Crippen LogP contribution in [-0.2, 0) is 11.2 Å². The summed E-state index contributed by atoms with van der Waals surface area (Å²) in [5, 5.41) is 12.1. The number of phenols is 1. The second kappa shape index (κ2) is 6.80. The van der Waals surface area contributed by atoms with Crippen LogP contribution in [0.5, 0.6) is 5.75 Å². The van der Waals surface area contributed by atoms with Crippen LogP contribution >= 0.6 is 0 Å². The molecule has 4 N–H and O–H groups in total. The van der Waals surface area contributed by atoms with Crippen LogP contribution < -0.4 is 11.1 Å². The van der Waals surface area contributed by atoms with Crippen molar-refractivity contribution in [3.63, 3.8) is 0 Å². The van der Waals surface area contributed by atoms with Crippen molar-refractivity contribution in [3.8, 4) is 5.75 Å². The van der Waals surface area contributed by atoms with Gasteiger partial charge in [0.2, 0.25) is 0 Å². The predicted octanol–water partition coefficient (Wildman–Crippen LogP) is 2.42. The van der Waals surface area contributed by atoms with Crippen molar-refractivity contribution >= 4 is 6.09 Å². The fourth-order valence-corrected chi connectivity index (χ4v) is 1.91. The van der Waals surface area contributed by atoms with E-state index in [9.17, 15) is 9.90 Å². The summed E-state index contributed by atoms with van der Waals surface area (Å²) >= 11 is 0. The summed E-state index contributed by atoms with van der Waals surface area (Å²) in [6, 6.07) is 7.01. The Kier molecular flexibility index (Phi) is 5.61. The van der Waals surface area contributed by atoms with Crippen molar-refractivity contribution in [2.75, 3.05) is 13.1 Å². The molecule has 0 bridgehead atoms. The number of hydrogen-bond acceptors (Lipinski definition) is 4. The maximum atomic E-state index is 11.7. The zero-order chi connectivity index (χ0) is 16.1. The van der Waals surface area contributed by atoms with Crippen LogP contribution in [0.25, 0.3) is 0 Å². The highest BCUT2D eigenvalue weighted by Gasteiger charge is 2.25. The molecule has 0 saturated carbocycles. The third-order valence-electron chi connectivity index (χ3n) is 3.12. The van der Waals surface area contributed by atoms with Gasteiger partial charge < -0.3 is 20.9 Å². The number of nitrogens with one attached hydrogen (secondary N) is 1.